The zero-order valence-corrected chi connectivity index (χ0v) is 6.67. The van der Waals surface area contributed by atoms with Gasteiger partial charge in [0, 0.05) is 12.1 Å². The number of hydrogen-bond donors (Lipinski definition) is 2. The summed E-state index contributed by atoms with van der Waals surface area (Å²) in [5.74, 6) is -5.86. The van der Waals surface area contributed by atoms with E-state index in [2.05, 4.69) is 0 Å². The van der Waals surface area contributed by atoms with Crippen molar-refractivity contribution < 1.29 is 28.2 Å². The first-order valence-electron chi connectivity index (χ1n) is 3.48. The molecule has 1 atom stereocenters. The Balaban J connectivity index is 3.27. The summed E-state index contributed by atoms with van der Waals surface area (Å²) < 4.78 is 38.0. The third-order valence-electron chi connectivity index (χ3n) is 1.55. The lowest BCUT2D eigenvalue weighted by Gasteiger charge is -2.08. The molecule has 3 nitrogen and oxygen atoms in total. The number of carboxylic acid groups (broad SMARTS) is 1. The van der Waals surface area contributed by atoms with E-state index in [0.717, 1.165) is 0 Å². The fraction of sp³-hybridized carbons (Fsp3) is 0.125. The molecule has 1 aromatic rings. The smallest absolute Gasteiger partial charge is 0.337 e. The first kappa shape index (κ1) is 10.5. The monoisotopic (exact) mass is 206 g/mol. The maximum absolute atomic E-state index is 12.8. The molecule has 0 unspecified atom stereocenters. The summed E-state index contributed by atoms with van der Waals surface area (Å²) in [6.45, 7) is 0. The van der Waals surface area contributed by atoms with Crippen molar-refractivity contribution in [1.29, 1.82) is 0 Å². The van der Waals surface area contributed by atoms with Gasteiger partial charge in [-0.2, -0.15) is 0 Å². The second-order valence-electron chi connectivity index (χ2n) is 2.52. The summed E-state index contributed by atoms with van der Waals surface area (Å²) in [4.78, 5) is 10.2. The van der Waals surface area contributed by atoms with Crippen molar-refractivity contribution in [3.63, 3.8) is 0 Å². The number of aliphatic hydroxyl groups is 1. The summed E-state index contributed by atoms with van der Waals surface area (Å²) in [5.41, 5.74) is -1.07. The van der Waals surface area contributed by atoms with Gasteiger partial charge < -0.3 is 10.2 Å². The summed E-state index contributed by atoms with van der Waals surface area (Å²) in [7, 11) is 0. The molecule has 2 N–H and O–H groups in total. The van der Waals surface area contributed by atoms with Crippen molar-refractivity contribution in [2.45, 2.75) is 6.10 Å². The molecular weight excluding hydrogens is 201 g/mol. The normalized spacial score (nSPS) is 12.6. The van der Waals surface area contributed by atoms with Gasteiger partial charge in [-0.05, 0) is 0 Å². The Kier molecular flexibility index (Phi) is 2.76. The van der Waals surface area contributed by atoms with Crippen molar-refractivity contribution in [1.82, 2.24) is 0 Å². The average molecular weight is 206 g/mol. The minimum atomic E-state index is -2.34. The summed E-state index contributed by atoms with van der Waals surface area (Å²) in [6.07, 6.45) is -2.34. The zero-order valence-electron chi connectivity index (χ0n) is 6.67. The molecule has 0 bridgehead atoms. The number of benzene rings is 1. The van der Waals surface area contributed by atoms with Gasteiger partial charge in [0.1, 0.15) is 17.5 Å². The van der Waals surface area contributed by atoms with Gasteiger partial charge >= 0.3 is 5.97 Å². The largest absolute Gasteiger partial charge is 0.479 e. The molecule has 76 valence electrons. The SMILES string of the molecule is O=C(O)[C@@H](O)c1c(F)cc(F)cc1F. The number of aliphatic hydroxyl groups excluding tert-OH is 1. The quantitative estimate of drug-likeness (QED) is 0.764. The van der Waals surface area contributed by atoms with Crippen molar-refractivity contribution >= 4 is 5.97 Å². The van der Waals surface area contributed by atoms with Crippen LogP contribution < -0.4 is 0 Å². The van der Waals surface area contributed by atoms with Crippen LogP contribution in [0.3, 0.4) is 0 Å². The summed E-state index contributed by atoms with van der Waals surface area (Å²) in [5, 5.41) is 17.1. The zero-order chi connectivity index (χ0) is 10.9. The van der Waals surface area contributed by atoms with E-state index in [1.165, 1.54) is 0 Å². The Hall–Kier alpha value is -1.56. The lowest BCUT2D eigenvalue weighted by atomic mass is 10.1. The lowest BCUT2D eigenvalue weighted by Crippen LogP contribution is -2.14. The second kappa shape index (κ2) is 3.67. The number of hydrogen-bond acceptors (Lipinski definition) is 2. The van der Waals surface area contributed by atoms with Crippen LogP contribution in [0.2, 0.25) is 0 Å². The minimum Gasteiger partial charge on any atom is -0.479 e. The average Bonchev–Trinajstić information content (AvgIpc) is 2.01. The molecule has 0 saturated heterocycles. The van der Waals surface area contributed by atoms with Gasteiger partial charge in [0.25, 0.3) is 0 Å². The number of carbonyl (C=O) groups is 1. The molecule has 0 radical (unpaired) electrons. The highest BCUT2D eigenvalue weighted by Crippen LogP contribution is 2.21. The first-order valence-corrected chi connectivity index (χ1v) is 3.48. The molecule has 1 aromatic carbocycles. The van der Waals surface area contributed by atoms with Crippen molar-refractivity contribution in [3.05, 3.63) is 35.1 Å². The molecule has 0 spiro atoms. The fourth-order valence-electron chi connectivity index (χ4n) is 0.938. The van der Waals surface area contributed by atoms with Crippen LogP contribution in [0, 0.1) is 17.5 Å². The van der Waals surface area contributed by atoms with Crippen molar-refractivity contribution in [2.75, 3.05) is 0 Å². The lowest BCUT2D eigenvalue weighted by molar-refractivity contribution is -0.147. The Morgan fingerprint density at radius 1 is 1.21 bits per heavy atom. The van der Waals surface area contributed by atoms with Crippen molar-refractivity contribution in [2.24, 2.45) is 0 Å². The van der Waals surface area contributed by atoms with Gasteiger partial charge in [-0.3, -0.25) is 0 Å². The maximum Gasteiger partial charge on any atom is 0.337 e. The molecule has 0 aliphatic carbocycles. The predicted octanol–water partition coefficient (Wildman–Crippen LogP) is 1.22. The molecule has 0 aromatic heterocycles. The number of rotatable bonds is 2. The van der Waals surface area contributed by atoms with Gasteiger partial charge in [0.2, 0.25) is 0 Å². The molecule has 0 aliphatic heterocycles. The molecule has 0 amide bonds. The van der Waals surface area contributed by atoms with Gasteiger partial charge in [-0.15, -0.1) is 0 Å². The van der Waals surface area contributed by atoms with Gasteiger partial charge in [0.15, 0.2) is 6.10 Å². The van der Waals surface area contributed by atoms with Crippen LogP contribution >= 0.6 is 0 Å². The number of carboxylic acids is 1. The van der Waals surface area contributed by atoms with Crippen LogP contribution in [0.4, 0.5) is 13.2 Å². The fourth-order valence-corrected chi connectivity index (χ4v) is 0.938. The van der Waals surface area contributed by atoms with E-state index in [-0.39, 0.29) is 0 Å². The molecular formula is C8H5F3O3. The van der Waals surface area contributed by atoms with Gasteiger partial charge in [0.05, 0.1) is 5.56 Å². The molecule has 0 heterocycles. The highest BCUT2D eigenvalue weighted by atomic mass is 19.1. The summed E-state index contributed by atoms with van der Waals surface area (Å²) in [6, 6.07) is 0.592. The molecule has 6 heteroatoms. The first-order chi connectivity index (χ1) is 6.43. The Morgan fingerprint density at radius 2 is 1.64 bits per heavy atom. The second-order valence-corrected chi connectivity index (χ2v) is 2.52. The predicted molar refractivity (Wildman–Crippen MR) is 38.9 cm³/mol. The summed E-state index contributed by atoms with van der Waals surface area (Å²) >= 11 is 0. The maximum atomic E-state index is 12.8. The van der Waals surface area contributed by atoms with Gasteiger partial charge in [-0.25, -0.2) is 18.0 Å². The van der Waals surface area contributed by atoms with E-state index >= 15 is 0 Å². The van der Waals surface area contributed by atoms with E-state index in [1.807, 2.05) is 0 Å². The van der Waals surface area contributed by atoms with Crippen LogP contribution in [0.15, 0.2) is 12.1 Å². The van der Waals surface area contributed by atoms with Crippen LogP contribution in [0.25, 0.3) is 0 Å². The van der Waals surface area contributed by atoms with E-state index in [1.54, 1.807) is 0 Å². The Bertz CT molecular complexity index is 355. The van der Waals surface area contributed by atoms with Crippen LogP contribution in [-0.4, -0.2) is 16.2 Å². The van der Waals surface area contributed by atoms with Crippen LogP contribution in [0.1, 0.15) is 11.7 Å². The molecule has 1 rings (SSSR count). The van der Waals surface area contributed by atoms with Crippen LogP contribution in [-0.2, 0) is 4.79 Å². The standard InChI is InChI=1S/C8H5F3O3/c9-3-1-4(10)6(5(11)2-3)7(12)8(13)14/h1-2,7,12H,(H,13,14)/t7-/m0/s1. The van der Waals surface area contributed by atoms with E-state index in [0.29, 0.717) is 12.1 Å². The van der Waals surface area contributed by atoms with E-state index in [4.69, 9.17) is 10.2 Å². The topological polar surface area (TPSA) is 57.5 Å². The van der Waals surface area contributed by atoms with Crippen molar-refractivity contribution in [3.8, 4) is 0 Å². The van der Waals surface area contributed by atoms with E-state index < -0.39 is 35.1 Å². The number of aliphatic carboxylic acids is 1. The highest BCUT2D eigenvalue weighted by molar-refractivity contribution is 5.74. The molecule has 14 heavy (non-hydrogen) atoms. The highest BCUT2D eigenvalue weighted by Gasteiger charge is 2.24. The van der Waals surface area contributed by atoms with E-state index in [9.17, 15) is 18.0 Å². The van der Waals surface area contributed by atoms with Gasteiger partial charge in [-0.1, -0.05) is 0 Å². The minimum absolute atomic E-state index is 0.296. The Labute approximate surface area is 76.4 Å². The third kappa shape index (κ3) is 1.85. The molecule has 0 aliphatic rings. The Morgan fingerprint density at radius 3 is 2.00 bits per heavy atom. The molecule has 0 saturated carbocycles. The third-order valence-corrected chi connectivity index (χ3v) is 1.55. The number of halogens is 3. The molecule has 0 fully saturated rings. The van der Waals surface area contributed by atoms with Crippen LogP contribution in [0.5, 0.6) is 0 Å².